The molecule has 0 bridgehead atoms. The lowest BCUT2D eigenvalue weighted by molar-refractivity contribution is 0.302. The van der Waals surface area contributed by atoms with E-state index in [1.54, 1.807) is 7.11 Å². The molecule has 0 unspecified atom stereocenters. The molecule has 0 spiro atoms. The number of hydrogen-bond donors (Lipinski definition) is 3. The van der Waals surface area contributed by atoms with Crippen molar-refractivity contribution in [1.29, 1.82) is 0 Å². The first kappa shape index (κ1) is 15.7. The molecular formula is C9H15NO6S. The van der Waals surface area contributed by atoms with Crippen LogP contribution in [-0.2, 0) is 10.4 Å². The van der Waals surface area contributed by atoms with Crippen LogP contribution in [0.3, 0.4) is 0 Å². The van der Waals surface area contributed by atoms with Crippen LogP contribution in [0, 0.1) is 0 Å². The Morgan fingerprint density at radius 3 is 2.12 bits per heavy atom. The van der Waals surface area contributed by atoms with Gasteiger partial charge in [-0.15, -0.1) is 0 Å². The van der Waals surface area contributed by atoms with Crippen molar-refractivity contribution in [3.8, 4) is 11.5 Å². The van der Waals surface area contributed by atoms with Crippen molar-refractivity contribution in [2.24, 2.45) is 5.73 Å². The Hall–Kier alpha value is -1.35. The van der Waals surface area contributed by atoms with Crippen molar-refractivity contribution >= 4 is 10.4 Å². The zero-order valence-corrected chi connectivity index (χ0v) is 10.1. The van der Waals surface area contributed by atoms with E-state index < -0.39 is 10.4 Å². The predicted octanol–water partition coefficient (Wildman–Crippen LogP) is 0.380. The van der Waals surface area contributed by atoms with Crippen LogP contribution in [0.2, 0.25) is 0 Å². The second kappa shape index (κ2) is 7.85. The van der Waals surface area contributed by atoms with Crippen molar-refractivity contribution < 1.29 is 27.0 Å². The third-order valence-corrected chi connectivity index (χ3v) is 1.44. The molecule has 1 aromatic rings. The minimum atomic E-state index is -4.67. The normalized spacial score (nSPS) is 10.1. The van der Waals surface area contributed by atoms with E-state index in [9.17, 15) is 0 Å². The smallest absolute Gasteiger partial charge is 0.394 e. The molecule has 0 aliphatic carbocycles. The Kier molecular flexibility index (Phi) is 7.22. The van der Waals surface area contributed by atoms with Gasteiger partial charge in [0.25, 0.3) is 0 Å². The van der Waals surface area contributed by atoms with E-state index in [-0.39, 0.29) is 0 Å². The summed E-state index contributed by atoms with van der Waals surface area (Å²) in [4.78, 5) is 0. The number of methoxy groups -OCH3 is 1. The maximum absolute atomic E-state index is 8.74. The van der Waals surface area contributed by atoms with Gasteiger partial charge in [0.05, 0.1) is 7.11 Å². The molecule has 0 atom stereocenters. The molecule has 0 fully saturated rings. The van der Waals surface area contributed by atoms with Crippen LogP contribution in [0.25, 0.3) is 0 Å². The molecule has 0 amide bonds. The summed E-state index contributed by atoms with van der Waals surface area (Å²) in [5.74, 6) is 1.48. The molecule has 0 aliphatic rings. The van der Waals surface area contributed by atoms with Gasteiger partial charge < -0.3 is 15.2 Å². The van der Waals surface area contributed by atoms with Crippen LogP contribution < -0.4 is 15.2 Å². The molecule has 1 rings (SSSR count). The van der Waals surface area contributed by atoms with E-state index in [2.05, 4.69) is 0 Å². The summed E-state index contributed by atoms with van der Waals surface area (Å²) in [6, 6.07) is 7.50. The molecule has 98 valence electrons. The van der Waals surface area contributed by atoms with Crippen LogP contribution in [0.15, 0.2) is 24.3 Å². The number of ether oxygens (including phenoxy) is 2. The number of hydrogen-bond acceptors (Lipinski definition) is 5. The summed E-state index contributed by atoms with van der Waals surface area (Å²) in [5, 5.41) is 0. The highest BCUT2D eigenvalue weighted by molar-refractivity contribution is 7.79. The topological polar surface area (TPSA) is 119 Å². The lowest BCUT2D eigenvalue weighted by atomic mass is 10.3. The van der Waals surface area contributed by atoms with Gasteiger partial charge in [-0.05, 0) is 12.1 Å². The molecular weight excluding hydrogens is 250 g/mol. The highest BCUT2D eigenvalue weighted by Crippen LogP contribution is 2.25. The Balaban J connectivity index is 0.000000437. The number of nitrogens with two attached hydrogens (primary N) is 1. The first-order valence-corrected chi connectivity index (χ1v) is 5.94. The van der Waals surface area contributed by atoms with Crippen molar-refractivity contribution in [3.63, 3.8) is 0 Å². The first-order chi connectivity index (χ1) is 7.88. The predicted molar refractivity (Wildman–Crippen MR) is 61.7 cm³/mol. The quantitative estimate of drug-likeness (QED) is 0.673. The molecule has 4 N–H and O–H groups in total. The summed E-state index contributed by atoms with van der Waals surface area (Å²) in [7, 11) is -3.05. The highest BCUT2D eigenvalue weighted by Gasteiger charge is 2.00. The Labute approximate surface area is 99.7 Å². The Morgan fingerprint density at radius 2 is 1.71 bits per heavy atom. The highest BCUT2D eigenvalue weighted by atomic mass is 32.3. The summed E-state index contributed by atoms with van der Waals surface area (Å²) in [6.45, 7) is 1.03. The summed E-state index contributed by atoms with van der Waals surface area (Å²) in [6.07, 6.45) is 0. The lowest BCUT2D eigenvalue weighted by Crippen LogP contribution is -2.10. The fourth-order valence-corrected chi connectivity index (χ4v) is 0.907. The van der Waals surface area contributed by atoms with Crippen LogP contribution in [0.4, 0.5) is 0 Å². The fraction of sp³-hybridized carbons (Fsp3) is 0.333. The molecule has 8 heteroatoms. The second-order valence-electron chi connectivity index (χ2n) is 2.74. The summed E-state index contributed by atoms with van der Waals surface area (Å²) >= 11 is 0. The summed E-state index contributed by atoms with van der Waals surface area (Å²) in [5.41, 5.74) is 5.30. The number of rotatable bonds is 4. The average molecular weight is 265 g/mol. The van der Waals surface area contributed by atoms with E-state index in [4.69, 9.17) is 32.7 Å². The first-order valence-electron chi connectivity index (χ1n) is 4.54. The maximum Gasteiger partial charge on any atom is 0.394 e. The lowest BCUT2D eigenvalue weighted by Gasteiger charge is -2.08. The van der Waals surface area contributed by atoms with Crippen LogP contribution in [0.5, 0.6) is 11.5 Å². The van der Waals surface area contributed by atoms with Crippen molar-refractivity contribution in [1.82, 2.24) is 0 Å². The van der Waals surface area contributed by atoms with Crippen molar-refractivity contribution in [2.75, 3.05) is 20.3 Å². The average Bonchev–Trinajstić information content (AvgIpc) is 2.24. The molecule has 17 heavy (non-hydrogen) atoms. The third-order valence-electron chi connectivity index (χ3n) is 1.44. The summed E-state index contributed by atoms with van der Waals surface area (Å²) < 4.78 is 42.0. The van der Waals surface area contributed by atoms with Gasteiger partial charge in [0.1, 0.15) is 6.61 Å². The molecule has 7 nitrogen and oxygen atoms in total. The van der Waals surface area contributed by atoms with Crippen molar-refractivity contribution in [2.45, 2.75) is 0 Å². The molecule has 0 radical (unpaired) electrons. The largest absolute Gasteiger partial charge is 0.493 e. The van der Waals surface area contributed by atoms with Gasteiger partial charge in [-0.25, -0.2) is 0 Å². The third kappa shape index (κ3) is 9.57. The van der Waals surface area contributed by atoms with Crippen LogP contribution in [-0.4, -0.2) is 37.8 Å². The molecule has 0 aromatic heterocycles. The SMILES string of the molecule is COc1ccccc1OCCN.O=S(=O)(O)O. The van der Waals surface area contributed by atoms with Crippen LogP contribution >= 0.6 is 0 Å². The monoisotopic (exact) mass is 265 g/mol. The fourth-order valence-electron chi connectivity index (χ4n) is 0.907. The van der Waals surface area contributed by atoms with Gasteiger partial charge in [-0.2, -0.15) is 8.42 Å². The molecule has 0 saturated heterocycles. The Bertz CT molecular complexity index is 411. The van der Waals surface area contributed by atoms with Gasteiger partial charge in [-0.1, -0.05) is 12.1 Å². The van der Waals surface area contributed by atoms with Gasteiger partial charge in [0.15, 0.2) is 11.5 Å². The van der Waals surface area contributed by atoms with E-state index in [1.807, 2.05) is 24.3 Å². The van der Waals surface area contributed by atoms with Crippen molar-refractivity contribution in [3.05, 3.63) is 24.3 Å². The molecule has 0 aliphatic heterocycles. The number of benzene rings is 1. The van der Waals surface area contributed by atoms with Gasteiger partial charge in [0, 0.05) is 6.54 Å². The number of para-hydroxylation sites is 2. The standard InChI is InChI=1S/C9H13NO2.H2O4S/c1-11-8-4-2-3-5-9(8)12-7-6-10;1-5(2,3)4/h2-5H,6-7,10H2,1H3;(H2,1,2,3,4). The van der Waals surface area contributed by atoms with E-state index in [0.717, 1.165) is 11.5 Å². The molecule has 0 heterocycles. The zero-order chi connectivity index (χ0) is 13.3. The van der Waals surface area contributed by atoms with E-state index in [1.165, 1.54) is 0 Å². The van der Waals surface area contributed by atoms with Gasteiger partial charge >= 0.3 is 10.4 Å². The maximum atomic E-state index is 8.74. The molecule has 0 saturated carbocycles. The minimum Gasteiger partial charge on any atom is -0.493 e. The van der Waals surface area contributed by atoms with Gasteiger partial charge in [-0.3, -0.25) is 9.11 Å². The molecule has 1 aromatic carbocycles. The second-order valence-corrected chi connectivity index (χ2v) is 3.63. The van der Waals surface area contributed by atoms with Gasteiger partial charge in [0.2, 0.25) is 0 Å². The minimum absolute atomic E-state index is 0.512. The van der Waals surface area contributed by atoms with E-state index >= 15 is 0 Å². The van der Waals surface area contributed by atoms with E-state index in [0.29, 0.717) is 13.2 Å². The zero-order valence-electron chi connectivity index (χ0n) is 9.24. The Morgan fingerprint density at radius 1 is 1.24 bits per heavy atom. The van der Waals surface area contributed by atoms with Crippen LogP contribution in [0.1, 0.15) is 0 Å².